The predicted octanol–water partition coefficient (Wildman–Crippen LogP) is 3.38. The van der Waals surface area contributed by atoms with Crippen LogP contribution in [0.3, 0.4) is 0 Å². The van der Waals surface area contributed by atoms with Crippen molar-refractivity contribution in [3.63, 3.8) is 0 Å². The van der Waals surface area contributed by atoms with Crippen molar-refractivity contribution in [3.8, 4) is 5.75 Å². The highest BCUT2D eigenvalue weighted by Crippen LogP contribution is 2.33. The Morgan fingerprint density at radius 3 is 2.25 bits per heavy atom. The van der Waals surface area contributed by atoms with Crippen molar-refractivity contribution < 1.29 is 4.74 Å². The quantitative estimate of drug-likeness (QED) is 0.717. The summed E-state index contributed by atoms with van der Waals surface area (Å²) in [6.45, 7) is 6.23. The molecule has 1 rings (SSSR count). The Hall–Kier alpha value is -0.500. The van der Waals surface area contributed by atoms with Gasteiger partial charge in [-0.3, -0.25) is 0 Å². The highest BCUT2D eigenvalue weighted by Gasteiger charge is 2.08. The summed E-state index contributed by atoms with van der Waals surface area (Å²) in [5, 5.41) is 0. The molecular formula is C10H13BrO. The first-order chi connectivity index (χ1) is 5.57. The van der Waals surface area contributed by atoms with E-state index in [2.05, 4.69) is 42.8 Å². The Kier molecular flexibility index (Phi) is 2.78. The molecule has 0 radical (unpaired) electrons. The van der Waals surface area contributed by atoms with Crippen LogP contribution in [0.4, 0.5) is 0 Å². The third-order valence-electron chi connectivity index (χ3n) is 2.11. The van der Waals surface area contributed by atoms with E-state index in [0.717, 1.165) is 10.2 Å². The zero-order chi connectivity index (χ0) is 9.30. The minimum Gasteiger partial charge on any atom is -0.495 e. The molecule has 0 N–H and O–H groups in total. The van der Waals surface area contributed by atoms with E-state index in [1.165, 1.54) is 16.7 Å². The van der Waals surface area contributed by atoms with Gasteiger partial charge < -0.3 is 4.74 Å². The standard InChI is InChI=1S/C10H13BrO/c1-6-5-7(2)9(11)10(12-4)8(6)3/h5H,1-4H3. The second kappa shape index (κ2) is 3.48. The number of halogens is 1. The first-order valence-electron chi connectivity index (χ1n) is 3.88. The topological polar surface area (TPSA) is 9.23 Å². The van der Waals surface area contributed by atoms with Gasteiger partial charge in [0.2, 0.25) is 0 Å². The summed E-state index contributed by atoms with van der Waals surface area (Å²) >= 11 is 3.50. The SMILES string of the molecule is COc1c(C)c(C)cc(C)c1Br. The van der Waals surface area contributed by atoms with E-state index in [0.29, 0.717) is 0 Å². The Morgan fingerprint density at radius 2 is 1.75 bits per heavy atom. The molecule has 0 aliphatic carbocycles. The zero-order valence-electron chi connectivity index (χ0n) is 7.86. The molecule has 12 heavy (non-hydrogen) atoms. The molecule has 0 amide bonds. The van der Waals surface area contributed by atoms with Crippen LogP contribution in [-0.4, -0.2) is 7.11 Å². The van der Waals surface area contributed by atoms with Crippen molar-refractivity contribution in [3.05, 3.63) is 27.2 Å². The lowest BCUT2D eigenvalue weighted by Crippen LogP contribution is -1.93. The Balaban J connectivity index is 3.42. The molecule has 0 aliphatic rings. The van der Waals surface area contributed by atoms with Gasteiger partial charge in [-0.15, -0.1) is 0 Å². The van der Waals surface area contributed by atoms with Gasteiger partial charge in [0.15, 0.2) is 0 Å². The van der Waals surface area contributed by atoms with Crippen LogP contribution in [0, 0.1) is 20.8 Å². The maximum atomic E-state index is 5.29. The lowest BCUT2D eigenvalue weighted by atomic mass is 10.1. The number of hydrogen-bond acceptors (Lipinski definition) is 1. The fraction of sp³-hybridized carbons (Fsp3) is 0.400. The summed E-state index contributed by atoms with van der Waals surface area (Å²) in [6, 6.07) is 2.15. The molecule has 1 aromatic rings. The van der Waals surface area contributed by atoms with Gasteiger partial charge in [0.25, 0.3) is 0 Å². The molecule has 0 aliphatic heterocycles. The van der Waals surface area contributed by atoms with Crippen LogP contribution in [0.15, 0.2) is 10.5 Å². The van der Waals surface area contributed by atoms with Crippen LogP contribution in [0.1, 0.15) is 16.7 Å². The van der Waals surface area contributed by atoms with Crippen molar-refractivity contribution in [2.75, 3.05) is 7.11 Å². The van der Waals surface area contributed by atoms with Gasteiger partial charge >= 0.3 is 0 Å². The lowest BCUT2D eigenvalue weighted by molar-refractivity contribution is 0.408. The van der Waals surface area contributed by atoms with Crippen LogP contribution < -0.4 is 4.74 Å². The Bertz CT molecular complexity index is 279. The van der Waals surface area contributed by atoms with Gasteiger partial charge in [-0.25, -0.2) is 0 Å². The van der Waals surface area contributed by atoms with E-state index < -0.39 is 0 Å². The lowest BCUT2D eigenvalue weighted by Gasteiger charge is -2.11. The van der Waals surface area contributed by atoms with E-state index in [4.69, 9.17) is 4.74 Å². The van der Waals surface area contributed by atoms with E-state index in [-0.39, 0.29) is 0 Å². The number of hydrogen-bond donors (Lipinski definition) is 0. The zero-order valence-corrected chi connectivity index (χ0v) is 9.45. The first-order valence-corrected chi connectivity index (χ1v) is 4.67. The summed E-state index contributed by atoms with van der Waals surface area (Å²) in [5.74, 6) is 0.951. The Labute approximate surface area is 81.9 Å². The molecule has 0 saturated heterocycles. The fourth-order valence-electron chi connectivity index (χ4n) is 1.26. The summed E-state index contributed by atoms with van der Waals surface area (Å²) in [5.41, 5.74) is 3.69. The van der Waals surface area contributed by atoms with E-state index in [1.807, 2.05) is 0 Å². The smallest absolute Gasteiger partial charge is 0.136 e. The van der Waals surface area contributed by atoms with Crippen LogP contribution in [-0.2, 0) is 0 Å². The predicted molar refractivity (Wildman–Crippen MR) is 54.9 cm³/mol. The molecule has 1 aromatic carbocycles. The average Bonchev–Trinajstić information content (AvgIpc) is 2.02. The molecular weight excluding hydrogens is 216 g/mol. The van der Waals surface area contributed by atoms with Crippen molar-refractivity contribution in [1.29, 1.82) is 0 Å². The van der Waals surface area contributed by atoms with Crippen LogP contribution in [0.5, 0.6) is 5.75 Å². The van der Waals surface area contributed by atoms with E-state index in [9.17, 15) is 0 Å². The molecule has 0 spiro atoms. The highest BCUT2D eigenvalue weighted by atomic mass is 79.9. The van der Waals surface area contributed by atoms with Gasteiger partial charge in [0.05, 0.1) is 11.6 Å². The molecule has 0 atom stereocenters. The van der Waals surface area contributed by atoms with Crippen LogP contribution in [0.2, 0.25) is 0 Å². The molecule has 0 unspecified atom stereocenters. The van der Waals surface area contributed by atoms with Crippen LogP contribution in [0.25, 0.3) is 0 Å². The number of rotatable bonds is 1. The second-order valence-corrected chi connectivity index (χ2v) is 3.78. The van der Waals surface area contributed by atoms with Gasteiger partial charge in [-0.05, 0) is 53.4 Å². The summed E-state index contributed by atoms with van der Waals surface area (Å²) in [4.78, 5) is 0. The second-order valence-electron chi connectivity index (χ2n) is 2.98. The van der Waals surface area contributed by atoms with Crippen LogP contribution >= 0.6 is 15.9 Å². The monoisotopic (exact) mass is 228 g/mol. The minimum absolute atomic E-state index is 0.951. The maximum Gasteiger partial charge on any atom is 0.136 e. The minimum atomic E-state index is 0.951. The molecule has 0 heterocycles. The number of aryl methyl sites for hydroxylation is 2. The fourth-order valence-corrected chi connectivity index (χ4v) is 1.84. The Morgan fingerprint density at radius 1 is 1.17 bits per heavy atom. The molecule has 66 valence electrons. The van der Waals surface area contributed by atoms with Gasteiger partial charge in [0.1, 0.15) is 5.75 Å². The van der Waals surface area contributed by atoms with Crippen molar-refractivity contribution in [1.82, 2.24) is 0 Å². The van der Waals surface area contributed by atoms with Crippen molar-refractivity contribution in [2.45, 2.75) is 20.8 Å². The van der Waals surface area contributed by atoms with E-state index >= 15 is 0 Å². The molecule has 0 fully saturated rings. The van der Waals surface area contributed by atoms with E-state index in [1.54, 1.807) is 7.11 Å². The molecule has 2 heteroatoms. The highest BCUT2D eigenvalue weighted by molar-refractivity contribution is 9.10. The molecule has 0 saturated carbocycles. The van der Waals surface area contributed by atoms with Gasteiger partial charge in [-0.2, -0.15) is 0 Å². The first kappa shape index (κ1) is 9.59. The normalized spacial score (nSPS) is 10.1. The number of ether oxygens (including phenoxy) is 1. The third kappa shape index (κ3) is 1.48. The third-order valence-corrected chi connectivity index (χ3v) is 3.10. The average molecular weight is 229 g/mol. The molecule has 1 nitrogen and oxygen atoms in total. The maximum absolute atomic E-state index is 5.29. The number of benzene rings is 1. The number of methoxy groups -OCH3 is 1. The van der Waals surface area contributed by atoms with Crippen molar-refractivity contribution >= 4 is 15.9 Å². The summed E-state index contributed by atoms with van der Waals surface area (Å²) < 4.78 is 6.35. The van der Waals surface area contributed by atoms with Gasteiger partial charge in [0, 0.05) is 0 Å². The van der Waals surface area contributed by atoms with Gasteiger partial charge in [-0.1, -0.05) is 6.07 Å². The summed E-state index contributed by atoms with van der Waals surface area (Å²) in [7, 11) is 1.70. The largest absolute Gasteiger partial charge is 0.495 e. The molecule has 0 bridgehead atoms. The molecule has 0 aromatic heterocycles. The summed E-state index contributed by atoms with van der Waals surface area (Å²) in [6.07, 6.45) is 0. The van der Waals surface area contributed by atoms with Crippen molar-refractivity contribution in [2.24, 2.45) is 0 Å².